The van der Waals surface area contributed by atoms with Gasteiger partial charge in [0.1, 0.15) is 23.7 Å². The molecule has 0 radical (unpaired) electrons. The Morgan fingerprint density at radius 2 is 1.26 bits per heavy atom. The average molecular weight is 629 g/mol. The van der Waals surface area contributed by atoms with Gasteiger partial charge >= 0.3 is 11.9 Å². The first-order valence-electron chi connectivity index (χ1n) is 14.5. The summed E-state index contributed by atoms with van der Waals surface area (Å²) in [6.45, 7) is 5.06. The summed E-state index contributed by atoms with van der Waals surface area (Å²) in [4.78, 5) is 61.1. The summed E-state index contributed by atoms with van der Waals surface area (Å²) in [6, 6.07) is 13.1. The lowest BCUT2D eigenvalue weighted by atomic mass is 10.1. The van der Waals surface area contributed by atoms with Crippen LogP contribution in [-0.2, 0) is 25.4 Å². The fourth-order valence-corrected chi connectivity index (χ4v) is 3.99. The second kappa shape index (κ2) is 18.4. The van der Waals surface area contributed by atoms with Crippen LogP contribution in [0.15, 0.2) is 70.5 Å². The van der Waals surface area contributed by atoms with Gasteiger partial charge in [-0.1, -0.05) is 30.2 Å². The van der Waals surface area contributed by atoms with E-state index in [9.17, 15) is 19.2 Å². The van der Waals surface area contributed by atoms with E-state index < -0.39 is 5.97 Å². The van der Waals surface area contributed by atoms with Crippen LogP contribution in [0.25, 0.3) is 22.5 Å². The zero-order chi connectivity index (χ0) is 33.3. The summed E-state index contributed by atoms with van der Waals surface area (Å²) in [6.07, 6.45) is 4.62. The normalized spacial score (nSPS) is 10.2. The molecule has 12 heteroatoms. The van der Waals surface area contributed by atoms with E-state index in [1.165, 1.54) is 6.20 Å². The monoisotopic (exact) mass is 628 g/mol. The van der Waals surface area contributed by atoms with Crippen molar-refractivity contribution in [1.82, 2.24) is 19.9 Å². The van der Waals surface area contributed by atoms with Gasteiger partial charge in [0.2, 0.25) is 0 Å². The van der Waals surface area contributed by atoms with Gasteiger partial charge < -0.3 is 28.9 Å². The Morgan fingerprint density at radius 1 is 0.739 bits per heavy atom. The third-order valence-corrected chi connectivity index (χ3v) is 6.18. The standard InChI is InChI=1S/C17H20N2O4.C17H16N2O4/c2*1-3-23-17(21)13-8-6-12(7-9-13)15-16(20)18-11-14(19-15)5-4-10-22-2/h6-9,11H,3-5,10H2,1-2H3,(H,18,20);6-9,11H,3,10H2,1-2H3,(H,18,20). The highest BCUT2D eigenvalue weighted by Crippen LogP contribution is 2.16. The van der Waals surface area contributed by atoms with Crippen molar-refractivity contribution < 1.29 is 28.5 Å². The van der Waals surface area contributed by atoms with Crippen molar-refractivity contribution in [2.24, 2.45) is 0 Å². The first-order chi connectivity index (χ1) is 22.3. The van der Waals surface area contributed by atoms with Crippen LogP contribution in [0.3, 0.4) is 0 Å². The van der Waals surface area contributed by atoms with Gasteiger partial charge in [0.15, 0.2) is 0 Å². The summed E-state index contributed by atoms with van der Waals surface area (Å²) in [5, 5.41) is 0. The zero-order valence-corrected chi connectivity index (χ0v) is 26.2. The molecule has 0 bridgehead atoms. The van der Waals surface area contributed by atoms with Crippen LogP contribution >= 0.6 is 0 Å². The molecule has 0 aliphatic heterocycles. The number of aromatic nitrogens is 4. The molecule has 46 heavy (non-hydrogen) atoms. The van der Waals surface area contributed by atoms with E-state index in [2.05, 4.69) is 31.8 Å². The van der Waals surface area contributed by atoms with Gasteiger partial charge in [-0.15, -0.1) is 0 Å². The Kier molecular flexibility index (Phi) is 14.1. The van der Waals surface area contributed by atoms with Gasteiger partial charge in [-0.05, 0) is 56.9 Å². The highest BCUT2D eigenvalue weighted by Gasteiger charge is 2.11. The molecule has 0 fully saturated rings. The highest BCUT2D eigenvalue weighted by atomic mass is 16.5. The number of H-pyrrole nitrogens is 2. The van der Waals surface area contributed by atoms with E-state index in [4.69, 9.17) is 18.9 Å². The Morgan fingerprint density at radius 3 is 1.76 bits per heavy atom. The smallest absolute Gasteiger partial charge is 0.338 e. The van der Waals surface area contributed by atoms with Gasteiger partial charge in [-0.25, -0.2) is 19.6 Å². The number of carbonyl (C=O) groups excluding carboxylic acids is 2. The Labute approximate surface area is 266 Å². The second-order valence-electron chi connectivity index (χ2n) is 9.46. The maximum Gasteiger partial charge on any atom is 0.338 e. The third kappa shape index (κ3) is 10.4. The Hall–Kier alpha value is -5.38. The largest absolute Gasteiger partial charge is 0.462 e. The van der Waals surface area contributed by atoms with Crippen molar-refractivity contribution in [3.05, 3.63) is 104 Å². The quantitative estimate of drug-likeness (QED) is 0.142. The fourth-order valence-electron chi connectivity index (χ4n) is 3.99. The summed E-state index contributed by atoms with van der Waals surface area (Å²) < 4.78 is 19.7. The van der Waals surface area contributed by atoms with Gasteiger partial charge in [0, 0.05) is 44.3 Å². The van der Waals surface area contributed by atoms with Gasteiger partial charge in [0.05, 0.1) is 30.0 Å². The fraction of sp³-hybridized carbons (Fsp3) is 0.294. The van der Waals surface area contributed by atoms with Crippen molar-refractivity contribution in [3.8, 4) is 34.4 Å². The molecule has 0 aliphatic rings. The number of hydrogen-bond acceptors (Lipinski definition) is 10. The minimum Gasteiger partial charge on any atom is -0.462 e. The number of esters is 2. The number of rotatable bonds is 11. The van der Waals surface area contributed by atoms with Crippen LogP contribution in [0.5, 0.6) is 0 Å². The Bertz CT molecular complexity index is 1770. The summed E-state index contributed by atoms with van der Waals surface area (Å²) in [5.74, 6) is 4.79. The van der Waals surface area contributed by atoms with Gasteiger partial charge in [-0.3, -0.25) is 9.59 Å². The Balaban J connectivity index is 0.000000250. The predicted octanol–water partition coefficient (Wildman–Crippen LogP) is 3.80. The van der Waals surface area contributed by atoms with E-state index >= 15 is 0 Å². The number of carbonyl (C=O) groups is 2. The van der Waals surface area contributed by atoms with E-state index in [1.54, 1.807) is 82.8 Å². The average Bonchev–Trinajstić information content (AvgIpc) is 3.07. The highest BCUT2D eigenvalue weighted by molar-refractivity contribution is 5.90. The minimum absolute atomic E-state index is 0.240. The molecule has 2 aromatic carbocycles. The van der Waals surface area contributed by atoms with Gasteiger partial charge in [-0.2, -0.15) is 0 Å². The topological polar surface area (TPSA) is 163 Å². The summed E-state index contributed by atoms with van der Waals surface area (Å²) in [5.41, 5.74) is 3.35. The molecule has 2 heterocycles. The minimum atomic E-state index is -0.403. The van der Waals surface area contributed by atoms with E-state index in [0.29, 0.717) is 53.5 Å². The first kappa shape index (κ1) is 35.1. The van der Waals surface area contributed by atoms with Crippen molar-refractivity contribution in [2.45, 2.75) is 26.7 Å². The van der Waals surface area contributed by atoms with Crippen molar-refractivity contribution in [2.75, 3.05) is 40.6 Å². The number of ether oxygens (including phenoxy) is 4. The predicted molar refractivity (Wildman–Crippen MR) is 171 cm³/mol. The number of benzene rings is 2. The van der Waals surface area contributed by atoms with Crippen LogP contribution in [-0.4, -0.2) is 72.5 Å². The lowest BCUT2D eigenvalue weighted by molar-refractivity contribution is 0.0517. The number of aryl methyl sites for hydroxylation is 1. The van der Waals surface area contributed by atoms with Crippen LogP contribution in [0, 0.1) is 11.8 Å². The number of hydrogen-bond donors (Lipinski definition) is 2. The maximum absolute atomic E-state index is 12.0. The first-order valence-corrected chi connectivity index (χ1v) is 14.5. The van der Waals surface area contributed by atoms with E-state index in [1.807, 2.05) is 0 Å². The SMILES string of the molecule is CCOC(=O)c1ccc(-c2nc(C#CCOC)c[nH]c2=O)cc1.CCOC(=O)c1ccc(-c2nc(CCCOC)c[nH]c2=O)cc1. The third-order valence-electron chi connectivity index (χ3n) is 6.18. The molecule has 2 N–H and O–H groups in total. The molecule has 0 saturated heterocycles. The number of methoxy groups -OCH3 is 2. The molecular weight excluding hydrogens is 592 g/mol. The van der Waals surface area contributed by atoms with Crippen molar-refractivity contribution in [1.29, 1.82) is 0 Å². The lowest BCUT2D eigenvalue weighted by Crippen LogP contribution is -2.13. The molecule has 2 aromatic heterocycles. The molecule has 0 spiro atoms. The van der Waals surface area contributed by atoms with Crippen LogP contribution in [0.2, 0.25) is 0 Å². The van der Waals surface area contributed by atoms with Crippen molar-refractivity contribution >= 4 is 11.9 Å². The van der Waals surface area contributed by atoms with Crippen LogP contribution < -0.4 is 11.1 Å². The second-order valence-corrected chi connectivity index (χ2v) is 9.46. The number of aromatic amines is 2. The van der Waals surface area contributed by atoms with Crippen molar-refractivity contribution in [3.63, 3.8) is 0 Å². The molecule has 0 saturated carbocycles. The molecule has 0 unspecified atom stereocenters. The van der Waals surface area contributed by atoms with Crippen LogP contribution in [0.1, 0.15) is 52.4 Å². The molecule has 4 aromatic rings. The molecule has 0 amide bonds. The summed E-state index contributed by atoms with van der Waals surface area (Å²) in [7, 11) is 3.20. The molecule has 0 aliphatic carbocycles. The van der Waals surface area contributed by atoms with E-state index in [0.717, 1.165) is 18.5 Å². The molecule has 240 valence electrons. The molecule has 12 nitrogen and oxygen atoms in total. The number of nitrogens with one attached hydrogen (secondary N) is 2. The molecular formula is C34H36N4O8. The zero-order valence-electron chi connectivity index (χ0n) is 26.2. The van der Waals surface area contributed by atoms with Gasteiger partial charge in [0.25, 0.3) is 11.1 Å². The molecule has 0 atom stereocenters. The number of nitrogens with zero attached hydrogens (tertiary/aromatic N) is 2. The van der Waals surface area contributed by atoms with E-state index in [-0.39, 0.29) is 29.4 Å². The molecule has 4 rings (SSSR count). The maximum atomic E-state index is 12.0. The van der Waals surface area contributed by atoms with Crippen LogP contribution in [0.4, 0.5) is 0 Å². The lowest BCUT2D eigenvalue weighted by Gasteiger charge is -2.05. The summed E-state index contributed by atoms with van der Waals surface area (Å²) >= 11 is 0.